The maximum atomic E-state index is 12.9. The van der Waals surface area contributed by atoms with Gasteiger partial charge < -0.3 is 14.2 Å². The minimum Gasteiger partial charge on any atom is -0.462 e. The molecular weight excluding hydrogens is 853 g/mol. The van der Waals surface area contributed by atoms with E-state index in [-0.39, 0.29) is 37.5 Å². The topological polar surface area (TPSA) is 78.9 Å². The predicted octanol–water partition coefficient (Wildman–Crippen LogP) is 19.8. The monoisotopic (exact) mass is 963 g/mol. The van der Waals surface area contributed by atoms with Gasteiger partial charge in [-0.05, 0) is 77.0 Å². The first-order valence-electron chi connectivity index (χ1n) is 29.4. The van der Waals surface area contributed by atoms with Gasteiger partial charge in [-0.25, -0.2) is 0 Å². The highest BCUT2D eigenvalue weighted by Crippen LogP contribution is 2.16. The van der Waals surface area contributed by atoms with Crippen molar-refractivity contribution >= 4 is 17.9 Å². The third kappa shape index (κ3) is 55.6. The van der Waals surface area contributed by atoms with E-state index in [0.717, 1.165) is 70.6 Å². The van der Waals surface area contributed by atoms with E-state index in [2.05, 4.69) is 87.6 Å². The molecule has 0 aliphatic carbocycles. The van der Waals surface area contributed by atoms with Crippen LogP contribution < -0.4 is 0 Å². The molecule has 6 heteroatoms. The molecule has 0 aliphatic heterocycles. The van der Waals surface area contributed by atoms with Gasteiger partial charge in [0.1, 0.15) is 13.2 Å². The quantitative estimate of drug-likeness (QED) is 0.0262. The summed E-state index contributed by atoms with van der Waals surface area (Å²) < 4.78 is 16.8. The van der Waals surface area contributed by atoms with E-state index in [0.29, 0.717) is 19.3 Å². The van der Waals surface area contributed by atoms with Gasteiger partial charge >= 0.3 is 17.9 Å². The van der Waals surface area contributed by atoms with E-state index in [9.17, 15) is 14.4 Å². The molecule has 0 aromatic carbocycles. The summed E-state index contributed by atoms with van der Waals surface area (Å²) in [5.74, 6) is -0.975. The summed E-state index contributed by atoms with van der Waals surface area (Å²) in [6, 6.07) is 0. The standard InChI is InChI=1S/C63H110O6/c1-4-7-10-13-16-19-22-25-27-29-31-33-35-38-41-44-47-50-53-56-62(65)68-59-60(58-67-61(64)55-52-49-46-43-40-37-24-21-18-15-12-9-6-3)69-63(66)57-54-51-48-45-42-39-36-34-32-30-28-26-23-20-17-14-11-8-5-2/h9,12,16,18-19,21,25,27,37,40,46,49,60H,4-8,10-11,13-15,17,20,22-24,26,28-36,38-39,41-45,47-48,50-59H2,1-3H3/b12-9-,19-16-,21-18-,27-25-,40-37-,49-46-. The first kappa shape index (κ1) is 65.8. The molecule has 0 aromatic heterocycles. The zero-order valence-electron chi connectivity index (χ0n) is 45.6. The summed E-state index contributed by atoms with van der Waals surface area (Å²) in [5.41, 5.74) is 0. The Labute approximate surface area is 427 Å². The Kier molecular flexibility index (Phi) is 54.8. The van der Waals surface area contributed by atoms with Crippen molar-refractivity contribution < 1.29 is 28.6 Å². The first-order chi connectivity index (χ1) is 34.0. The van der Waals surface area contributed by atoms with E-state index in [1.54, 1.807) is 0 Å². The zero-order chi connectivity index (χ0) is 50.0. The van der Waals surface area contributed by atoms with Crippen LogP contribution in [0.3, 0.4) is 0 Å². The van der Waals surface area contributed by atoms with Crippen LogP contribution in [0.2, 0.25) is 0 Å². The van der Waals surface area contributed by atoms with Gasteiger partial charge in [-0.15, -0.1) is 0 Å². The van der Waals surface area contributed by atoms with E-state index < -0.39 is 6.10 Å². The summed E-state index contributed by atoms with van der Waals surface area (Å²) in [6.45, 7) is 6.46. The average Bonchev–Trinajstić information content (AvgIpc) is 3.35. The van der Waals surface area contributed by atoms with Gasteiger partial charge in [0.15, 0.2) is 6.10 Å². The zero-order valence-corrected chi connectivity index (χ0v) is 45.6. The van der Waals surface area contributed by atoms with Crippen molar-refractivity contribution in [2.75, 3.05) is 13.2 Å². The molecule has 398 valence electrons. The van der Waals surface area contributed by atoms with Crippen molar-refractivity contribution in [1.29, 1.82) is 0 Å². The van der Waals surface area contributed by atoms with Gasteiger partial charge in [0, 0.05) is 19.3 Å². The Morgan fingerprint density at radius 3 is 1.00 bits per heavy atom. The molecule has 0 radical (unpaired) electrons. The fourth-order valence-electron chi connectivity index (χ4n) is 8.31. The molecule has 0 aromatic rings. The van der Waals surface area contributed by atoms with Gasteiger partial charge in [-0.2, -0.15) is 0 Å². The van der Waals surface area contributed by atoms with Crippen molar-refractivity contribution in [3.8, 4) is 0 Å². The highest BCUT2D eigenvalue weighted by Gasteiger charge is 2.19. The minimum absolute atomic E-state index is 0.0973. The number of rotatable bonds is 53. The van der Waals surface area contributed by atoms with Crippen LogP contribution in [0.15, 0.2) is 72.9 Å². The van der Waals surface area contributed by atoms with E-state index in [1.807, 2.05) is 6.08 Å². The van der Waals surface area contributed by atoms with E-state index >= 15 is 0 Å². The van der Waals surface area contributed by atoms with Crippen molar-refractivity contribution in [2.24, 2.45) is 0 Å². The van der Waals surface area contributed by atoms with Crippen LogP contribution in [0.5, 0.6) is 0 Å². The highest BCUT2D eigenvalue weighted by molar-refractivity contribution is 5.71. The second-order valence-corrected chi connectivity index (χ2v) is 19.5. The van der Waals surface area contributed by atoms with Crippen LogP contribution in [0.1, 0.15) is 290 Å². The molecule has 0 amide bonds. The van der Waals surface area contributed by atoms with Crippen molar-refractivity contribution in [2.45, 2.75) is 297 Å². The van der Waals surface area contributed by atoms with Crippen LogP contribution in [0, 0.1) is 0 Å². The van der Waals surface area contributed by atoms with Gasteiger partial charge in [0.05, 0.1) is 0 Å². The number of ether oxygens (including phenoxy) is 3. The lowest BCUT2D eigenvalue weighted by Gasteiger charge is -2.18. The van der Waals surface area contributed by atoms with Crippen LogP contribution in [0.25, 0.3) is 0 Å². The summed E-state index contributed by atoms with van der Waals surface area (Å²) in [5, 5.41) is 0. The van der Waals surface area contributed by atoms with Crippen LogP contribution in [0.4, 0.5) is 0 Å². The Balaban J connectivity index is 4.39. The SMILES string of the molecule is CC/C=C\C/C=C\C/C=C\C/C=C\CCC(=O)OCC(COC(=O)CCCCCCCCCCC/C=C\C/C=C\CCCCC)OC(=O)CCCCCCCCCCCCCCCCCCCCC. The Hall–Kier alpha value is -3.15. The normalized spacial score (nSPS) is 12.6. The van der Waals surface area contributed by atoms with Crippen molar-refractivity contribution in [1.82, 2.24) is 0 Å². The second kappa shape index (κ2) is 57.4. The summed E-state index contributed by atoms with van der Waals surface area (Å²) in [4.78, 5) is 38.1. The molecule has 0 fully saturated rings. The molecule has 1 unspecified atom stereocenters. The van der Waals surface area contributed by atoms with Crippen molar-refractivity contribution in [3.63, 3.8) is 0 Å². The minimum atomic E-state index is -0.804. The molecule has 6 nitrogen and oxygen atoms in total. The van der Waals surface area contributed by atoms with Crippen LogP contribution in [-0.2, 0) is 28.6 Å². The number of unbranched alkanes of at least 4 members (excludes halogenated alkanes) is 30. The van der Waals surface area contributed by atoms with Gasteiger partial charge in [-0.3, -0.25) is 14.4 Å². The van der Waals surface area contributed by atoms with Gasteiger partial charge in [-0.1, -0.05) is 267 Å². The number of hydrogen-bond acceptors (Lipinski definition) is 6. The molecule has 69 heavy (non-hydrogen) atoms. The number of hydrogen-bond donors (Lipinski definition) is 0. The van der Waals surface area contributed by atoms with Gasteiger partial charge in [0.2, 0.25) is 0 Å². The lowest BCUT2D eigenvalue weighted by molar-refractivity contribution is -0.166. The fraction of sp³-hybridized carbons (Fsp3) is 0.762. The molecule has 0 saturated heterocycles. The molecule has 0 bridgehead atoms. The Bertz CT molecular complexity index is 1290. The smallest absolute Gasteiger partial charge is 0.306 e. The van der Waals surface area contributed by atoms with Gasteiger partial charge in [0.25, 0.3) is 0 Å². The molecular formula is C63H110O6. The molecule has 0 spiro atoms. The van der Waals surface area contributed by atoms with E-state index in [1.165, 1.54) is 173 Å². The number of carbonyl (C=O) groups is 3. The number of allylic oxidation sites excluding steroid dienone is 12. The third-order valence-corrected chi connectivity index (χ3v) is 12.7. The lowest BCUT2D eigenvalue weighted by Crippen LogP contribution is -2.30. The first-order valence-corrected chi connectivity index (χ1v) is 29.4. The molecule has 0 N–H and O–H groups in total. The van der Waals surface area contributed by atoms with Crippen LogP contribution >= 0.6 is 0 Å². The molecule has 0 heterocycles. The Morgan fingerprint density at radius 1 is 0.304 bits per heavy atom. The summed E-state index contributed by atoms with van der Waals surface area (Å²) in [7, 11) is 0. The summed E-state index contributed by atoms with van der Waals surface area (Å²) in [6.07, 6.45) is 73.4. The largest absolute Gasteiger partial charge is 0.462 e. The van der Waals surface area contributed by atoms with Crippen molar-refractivity contribution in [3.05, 3.63) is 72.9 Å². The predicted molar refractivity (Wildman–Crippen MR) is 298 cm³/mol. The fourth-order valence-corrected chi connectivity index (χ4v) is 8.31. The van der Waals surface area contributed by atoms with Crippen LogP contribution in [-0.4, -0.2) is 37.2 Å². The molecule has 1 atom stereocenters. The second-order valence-electron chi connectivity index (χ2n) is 19.5. The third-order valence-electron chi connectivity index (χ3n) is 12.7. The lowest BCUT2D eigenvalue weighted by atomic mass is 10.0. The Morgan fingerprint density at radius 2 is 0.594 bits per heavy atom. The maximum absolute atomic E-state index is 12.9. The highest BCUT2D eigenvalue weighted by atomic mass is 16.6. The van der Waals surface area contributed by atoms with E-state index in [4.69, 9.17) is 14.2 Å². The molecule has 0 rings (SSSR count). The molecule has 0 saturated carbocycles. The summed E-state index contributed by atoms with van der Waals surface area (Å²) >= 11 is 0. The molecule has 0 aliphatic rings. The number of esters is 3. The maximum Gasteiger partial charge on any atom is 0.306 e. The average molecular weight is 964 g/mol. The number of carbonyl (C=O) groups excluding carboxylic acids is 3.